The van der Waals surface area contributed by atoms with E-state index in [1.54, 1.807) is 115 Å². The Kier molecular flexibility index (Phi) is 13.1. The highest BCUT2D eigenvalue weighted by molar-refractivity contribution is 6.06. The standard InChI is InChI=1S/C54H62N10O12/c1-7-73-47(67)51-53(49(69)75-9-3)61-29-57(51)25-37-39(43(71-5)23-21-41(37)55-45(65)35-17-13-11-14-18-35)27-59(51)31-63(53)34-62-30-58-26-38-40(44(72-6)24-22-42(38)56-46(66)36-19-15-12-16-20-36)28-60-32-64(33-61)54(62,50(70)76-10-4)52(58,60)48(68)74-8-2/h11-24H,7-10,25-34H2,1-6H3,(H,55,65)(H,56,66)/t51-,52-,53+,54+/m1/s1. The number of carbonyl (C=O) groups is 6. The lowest BCUT2D eigenvalue weighted by Gasteiger charge is -2.53. The van der Waals surface area contributed by atoms with E-state index in [2.05, 4.69) is 10.6 Å². The summed E-state index contributed by atoms with van der Waals surface area (Å²) in [5, 5.41) is 6.24. The molecule has 0 radical (unpaired) electrons. The molecular formula is C54H62N10O12. The molecular weight excluding hydrogens is 981 g/mol. The first-order valence-electron chi connectivity index (χ1n) is 25.7. The van der Waals surface area contributed by atoms with E-state index < -0.39 is 46.5 Å². The molecule has 5 fully saturated rings. The van der Waals surface area contributed by atoms with E-state index in [0.717, 1.165) is 0 Å². The Balaban J connectivity index is 1.10. The quantitative estimate of drug-likeness (QED) is 0.137. The molecule has 0 spiro atoms. The maximum atomic E-state index is 15.8. The van der Waals surface area contributed by atoms with Gasteiger partial charge < -0.3 is 39.1 Å². The van der Waals surface area contributed by atoms with Gasteiger partial charge in [-0.1, -0.05) is 36.4 Å². The van der Waals surface area contributed by atoms with Crippen molar-refractivity contribution in [1.82, 2.24) is 39.2 Å². The van der Waals surface area contributed by atoms with Crippen LogP contribution in [-0.4, -0.2) is 178 Å². The van der Waals surface area contributed by atoms with E-state index in [-0.39, 0.29) is 104 Å². The van der Waals surface area contributed by atoms with Crippen molar-refractivity contribution in [3.05, 3.63) is 118 Å². The fourth-order valence-electron chi connectivity index (χ4n) is 13.4. The monoisotopic (exact) mass is 1040 g/mol. The number of hydrogen-bond acceptors (Lipinski definition) is 20. The van der Waals surface area contributed by atoms with Crippen molar-refractivity contribution in [2.75, 3.05) is 91.3 Å². The number of esters is 4. The van der Waals surface area contributed by atoms with E-state index in [4.69, 9.17) is 28.4 Å². The number of nitrogens with one attached hydrogen (secondary N) is 2. The molecule has 0 saturated carbocycles. The molecule has 5 saturated heterocycles. The number of anilines is 2. The van der Waals surface area contributed by atoms with E-state index >= 15 is 19.2 Å². The van der Waals surface area contributed by atoms with Gasteiger partial charge in [0.05, 0.1) is 80.7 Å². The molecule has 0 bridgehead atoms. The Labute approximate surface area is 439 Å². The van der Waals surface area contributed by atoms with Crippen LogP contribution in [0.4, 0.5) is 11.4 Å². The molecule has 2 amide bonds. The molecule has 4 atom stereocenters. The van der Waals surface area contributed by atoms with Crippen LogP contribution < -0.4 is 20.1 Å². The zero-order valence-corrected chi connectivity index (χ0v) is 43.5. The van der Waals surface area contributed by atoms with Gasteiger partial charge in [-0.15, -0.1) is 0 Å². The van der Waals surface area contributed by atoms with Gasteiger partial charge in [0.2, 0.25) is 22.7 Å². The second kappa shape index (κ2) is 19.5. The molecule has 0 aliphatic carbocycles. The van der Waals surface area contributed by atoms with Gasteiger partial charge in [-0.3, -0.25) is 29.2 Å². The largest absolute Gasteiger partial charge is 0.496 e. The fourth-order valence-corrected chi connectivity index (χ4v) is 13.4. The highest BCUT2D eigenvalue weighted by atomic mass is 16.6. The molecule has 7 aliphatic heterocycles. The molecule has 76 heavy (non-hydrogen) atoms. The average molecular weight is 1040 g/mol. The maximum Gasteiger partial charge on any atom is 0.346 e. The lowest BCUT2D eigenvalue weighted by atomic mass is 9.88. The van der Waals surface area contributed by atoms with Crippen molar-refractivity contribution in [1.29, 1.82) is 0 Å². The Morgan fingerprint density at radius 1 is 0.395 bits per heavy atom. The van der Waals surface area contributed by atoms with Crippen molar-refractivity contribution >= 4 is 47.1 Å². The SMILES string of the molecule is CCOC(=O)[C@]12N3CN4Cc5c(NC(=O)c6ccccc6)ccc(OC)c5CN(CN1CN1CN5Cc6c(NC(=O)c7ccccc7)ccc(OC)c6CN6CN(C3)[C@@]1(C(=O)OCC)[C@]56C(=O)OCC)[C@@]42C(=O)OCC. The summed E-state index contributed by atoms with van der Waals surface area (Å²) in [6.07, 6.45) is 0. The number of amides is 2. The van der Waals surface area contributed by atoms with Crippen molar-refractivity contribution in [2.24, 2.45) is 0 Å². The Morgan fingerprint density at radius 3 is 0.961 bits per heavy atom. The van der Waals surface area contributed by atoms with Crippen LogP contribution in [0.5, 0.6) is 11.5 Å². The van der Waals surface area contributed by atoms with E-state index in [1.165, 1.54) is 0 Å². The highest BCUT2D eigenvalue weighted by Crippen LogP contribution is 2.61. The van der Waals surface area contributed by atoms with E-state index in [0.29, 0.717) is 56.3 Å². The normalized spacial score (nSPS) is 26.1. The summed E-state index contributed by atoms with van der Waals surface area (Å²) >= 11 is 0. The Bertz CT molecular complexity index is 2810. The molecule has 4 aromatic carbocycles. The maximum absolute atomic E-state index is 15.8. The van der Waals surface area contributed by atoms with Gasteiger partial charge in [0, 0.05) is 59.8 Å². The molecule has 11 rings (SSSR count). The van der Waals surface area contributed by atoms with Crippen LogP contribution in [0.3, 0.4) is 0 Å². The third-order valence-corrected chi connectivity index (χ3v) is 16.1. The average Bonchev–Trinajstić information content (AvgIpc) is 4.19. The van der Waals surface area contributed by atoms with Crippen LogP contribution in [0.25, 0.3) is 0 Å². The number of rotatable bonds is 14. The summed E-state index contributed by atoms with van der Waals surface area (Å²) in [5.74, 6) is -2.56. The number of carbonyl (C=O) groups excluding carboxylic acids is 6. The van der Waals surface area contributed by atoms with Crippen molar-refractivity contribution < 1.29 is 57.2 Å². The summed E-state index contributed by atoms with van der Waals surface area (Å²) in [4.78, 5) is 106. The second-order valence-electron chi connectivity index (χ2n) is 19.6. The molecule has 7 heterocycles. The van der Waals surface area contributed by atoms with Gasteiger partial charge in [-0.2, -0.15) is 0 Å². The molecule has 7 aliphatic rings. The lowest BCUT2D eigenvalue weighted by Crippen LogP contribution is -2.81. The summed E-state index contributed by atoms with van der Waals surface area (Å²) in [5.41, 5.74) is -3.30. The van der Waals surface area contributed by atoms with Gasteiger partial charge in [0.15, 0.2) is 0 Å². The number of methoxy groups -OCH3 is 2. The van der Waals surface area contributed by atoms with Crippen molar-refractivity contribution in [2.45, 2.75) is 76.5 Å². The van der Waals surface area contributed by atoms with Crippen molar-refractivity contribution in [3.63, 3.8) is 0 Å². The zero-order valence-electron chi connectivity index (χ0n) is 43.5. The third kappa shape index (κ3) is 6.94. The fraction of sp³-hybridized carbons (Fsp3) is 0.444. The predicted molar refractivity (Wildman–Crippen MR) is 271 cm³/mol. The van der Waals surface area contributed by atoms with Crippen LogP contribution in [0.1, 0.15) is 70.7 Å². The number of hydrogen-bond donors (Lipinski definition) is 2. The van der Waals surface area contributed by atoms with Crippen LogP contribution in [0.15, 0.2) is 84.9 Å². The number of benzene rings is 4. The van der Waals surface area contributed by atoms with Crippen LogP contribution in [-0.2, 0) is 64.3 Å². The minimum atomic E-state index is -1.98. The highest BCUT2D eigenvalue weighted by Gasteiger charge is 2.87. The molecule has 22 heteroatoms. The van der Waals surface area contributed by atoms with E-state index in [9.17, 15) is 9.59 Å². The van der Waals surface area contributed by atoms with Crippen molar-refractivity contribution in [3.8, 4) is 11.5 Å². The molecule has 0 unspecified atom stereocenters. The number of ether oxygens (including phenoxy) is 6. The van der Waals surface area contributed by atoms with Crippen LogP contribution >= 0.6 is 0 Å². The number of nitrogens with zero attached hydrogens (tertiary/aromatic N) is 8. The predicted octanol–water partition coefficient (Wildman–Crippen LogP) is 3.20. The van der Waals surface area contributed by atoms with Gasteiger partial charge >= 0.3 is 23.9 Å². The van der Waals surface area contributed by atoms with Gasteiger partial charge in [0.25, 0.3) is 11.8 Å². The molecule has 22 nitrogen and oxygen atoms in total. The Hall–Kier alpha value is -7.02. The molecule has 0 aromatic heterocycles. The number of fused-ring (bicyclic) bond motifs is 2. The molecule has 2 N–H and O–H groups in total. The summed E-state index contributed by atoms with van der Waals surface area (Å²) in [6, 6.07) is 24.7. The Morgan fingerprint density at radius 2 is 0.671 bits per heavy atom. The van der Waals surface area contributed by atoms with E-state index in [1.807, 2.05) is 51.3 Å². The summed E-state index contributed by atoms with van der Waals surface area (Å²) in [7, 11) is 3.11. The third-order valence-electron chi connectivity index (χ3n) is 16.1. The van der Waals surface area contributed by atoms with Crippen LogP contribution in [0, 0.1) is 0 Å². The second-order valence-corrected chi connectivity index (χ2v) is 19.6. The summed E-state index contributed by atoms with van der Waals surface area (Å²) in [6.45, 7) is 6.05. The molecule has 400 valence electrons. The minimum absolute atomic E-state index is 0.0108. The van der Waals surface area contributed by atoms with Crippen LogP contribution in [0.2, 0.25) is 0 Å². The summed E-state index contributed by atoms with van der Waals surface area (Å²) < 4.78 is 36.6. The first-order valence-corrected chi connectivity index (χ1v) is 25.7. The van der Waals surface area contributed by atoms with Gasteiger partial charge in [-0.05, 0) is 87.4 Å². The van der Waals surface area contributed by atoms with Gasteiger partial charge in [0.1, 0.15) is 11.5 Å². The molecule has 4 aromatic rings. The minimum Gasteiger partial charge on any atom is -0.496 e. The first kappa shape index (κ1) is 51.1. The lowest BCUT2D eigenvalue weighted by molar-refractivity contribution is -0.214. The zero-order chi connectivity index (χ0) is 53.3. The van der Waals surface area contributed by atoms with Gasteiger partial charge in [-0.25, -0.2) is 38.8 Å². The smallest absolute Gasteiger partial charge is 0.346 e. The topological polar surface area (TPSA) is 208 Å². The first-order chi connectivity index (χ1) is 36.9.